The number of carboxylic acids is 1. The van der Waals surface area contributed by atoms with Crippen LogP contribution in [0.1, 0.15) is 123 Å². The van der Waals surface area contributed by atoms with Crippen molar-refractivity contribution in [2.75, 3.05) is 19.8 Å². The van der Waals surface area contributed by atoms with E-state index in [1.54, 1.807) is 42.5 Å². The maximum absolute atomic E-state index is 12.6. The second-order valence-corrected chi connectivity index (χ2v) is 15.1. The Labute approximate surface area is 339 Å². The average molecular weight is 828 g/mol. The summed E-state index contributed by atoms with van der Waals surface area (Å²) < 4.78 is 32.4. The van der Waals surface area contributed by atoms with E-state index in [0.29, 0.717) is 12.8 Å². The Morgan fingerprint density at radius 2 is 1.26 bits per heavy atom. The van der Waals surface area contributed by atoms with Gasteiger partial charge in [0.25, 0.3) is 0 Å². The van der Waals surface area contributed by atoms with Crippen LogP contribution in [-0.2, 0) is 37.5 Å². The van der Waals surface area contributed by atoms with Gasteiger partial charge < -0.3 is 40.5 Å². The number of aliphatic hydroxyl groups is 3. The largest absolute Gasteiger partial charge is 0.480 e. The molecule has 0 fully saturated rings. The maximum Gasteiger partial charge on any atom is 0.472 e. The lowest BCUT2D eigenvalue weighted by atomic mass is 10.1. The first kappa shape index (κ1) is 53.8. The molecule has 0 amide bonds. The Kier molecular flexibility index (Phi) is 33.9. The van der Waals surface area contributed by atoms with Gasteiger partial charge in [0.1, 0.15) is 12.6 Å². The fraction of sp³-hybridized carbons (Fsp3) is 0.643. The molecule has 0 spiro atoms. The molecule has 0 aromatic rings. The second kappa shape index (κ2) is 35.9. The molecule has 0 saturated heterocycles. The number of phosphoric acid groups is 1. The molecule has 0 radical (unpaired) electrons. The highest BCUT2D eigenvalue weighted by Crippen LogP contribution is 2.43. The number of esters is 2. The number of carbonyl (C=O) groups is 3. The van der Waals surface area contributed by atoms with Crippen LogP contribution in [0.25, 0.3) is 0 Å². The summed E-state index contributed by atoms with van der Waals surface area (Å²) in [6.07, 6.45) is 30.7. The minimum absolute atomic E-state index is 0.0732. The van der Waals surface area contributed by atoms with Crippen molar-refractivity contribution in [3.8, 4) is 0 Å². The smallest absolute Gasteiger partial charge is 0.472 e. The molecule has 0 heterocycles. The highest BCUT2D eigenvalue weighted by molar-refractivity contribution is 7.47. The van der Waals surface area contributed by atoms with Gasteiger partial charge in [-0.3, -0.25) is 23.4 Å². The highest BCUT2D eigenvalue weighted by atomic mass is 31.2. The Morgan fingerprint density at radius 1 is 0.684 bits per heavy atom. The highest BCUT2D eigenvalue weighted by Gasteiger charge is 2.28. The molecule has 57 heavy (non-hydrogen) atoms. The number of hydrogen-bond donors (Lipinski definition) is 6. The zero-order valence-corrected chi connectivity index (χ0v) is 34.9. The van der Waals surface area contributed by atoms with Crippen molar-refractivity contribution in [1.82, 2.24) is 0 Å². The zero-order chi connectivity index (χ0) is 42.6. The first-order valence-electron chi connectivity index (χ1n) is 20.3. The number of ether oxygens (including phenoxy) is 2. The summed E-state index contributed by atoms with van der Waals surface area (Å²) in [5, 5.41) is 39.2. The number of allylic oxidation sites excluding steroid dienone is 9. The van der Waals surface area contributed by atoms with Gasteiger partial charge in [-0.15, -0.1) is 0 Å². The third-order valence-corrected chi connectivity index (χ3v) is 9.23. The number of aliphatic hydroxyl groups excluding tert-OH is 3. The minimum Gasteiger partial charge on any atom is -0.480 e. The van der Waals surface area contributed by atoms with Crippen molar-refractivity contribution in [2.45, 2.75) is 153 Å². The number of phosphoric ester groups is 1. The van der Waals surface area contributed by atoms with Gasteiger partial charge in [0.15, 0.2) is 6.10 Å². The third kappa shape index (κ3) is 34.5. The summed E-state index contributed by atoms with van der Waals surface area (Å²) in [6, 6.07) is -1.58. The van der Waals surface area contributed by atoms with Crippen molar-refractivity contribution >= 4 is 25.7 Å². The van der Waals surface area contributed by atoms with Crippen molar-refractivity contribution < 1.29 is 62.8 Å². The number of carbonyl (C=O) groups excluding carboxylic acids is 2. The Balaban J connectivity index is 4.77. The number of aliphatic carboxylic acids is 1. The molecule has 326 valence electrons. The molecule has 0 aliphatic rings. The van der Waals surface area contributed by atoms with E-state index >= 15 is 0 Å². The molecule has 0 aromatic carbocycles. The monoisotopic (exact) mass is 827 g/mol. The van der Waals surface area contributed by atoms with Crippen molar-refractivity contribution in [3.05, 3.63) is 72.9 Å². The van der Waals surface area contributed by atoms with Gasteiger partial charge in [-0.1, -0.05) is 125 Å². The van der Waals surface area contributed by atoms with Gasteiger partial charge >= 0.3 is 25.7 Å². The molecule has 0 aliphatic carbocycles. The topological polar surface area (TPSA) is 232 Å². The van der Waals surface area contributed by atoms with Gasteiger partial charge in [-0.05, 0) is 57.8 Å². The third-order valence-electron chi connectivity index (χ3n) is 8.28. The van der Waals surface area contributed by atoms with E-state index in [1.807, 2.05) is 19.1 Å². The van der Waals surface area contributed by atoms with Crippen LogP contribution in [0.5, 0.6) is 0 Å². The summed E-state index contributed by atoms with van der Waals surface area (Å²) in [6.45, 7) is 2.20. The van der Waals surface area contributed by atoms with E-state index < -0.39 is 76.0 Å². The van der Waals surface area contributed by atoms with Gasteiger partial charge in [-0.25, -0.2) is 4.57 Å². The van der Waals surface area contributed by atoms with E-state index in [0.717, 1.165) is 44.9 Å². The first-order chi connectivity index (χ1) is 27.3. The van der Waals surface area contributed by atoms with Crippen LogP contribution in [0.4, 0.5) is 0 Å². The van der Waals surface area contributed by atoms with Crippen LogP contribution in [0, 0.1) is 0 Å². The van der Waals surface area contributed by atoms with Crippen molar-refractivity contribution in [1.29, 1.82) is 0 Å². The number of carboxylic acid groups (broad SMARTS) is 1. The number of rotatable bonds is 36. The van der Waals surface area contributed by atoms with E-state index in [-0.39, 0.29) is 25.7 Å². The number of nitrogens with two attached hydrogens (primary N) is 1. The molecule has 0 saturated carbocycles. The average Bonchev–Trinajstić information content (AvgIpc) is 3.17. The molecule has 0 rings (SSSR count). The quantitative estimate of drug-likeness (QED) is 0.0122. The van der Waals surface area contributed by atoms with E-state index in [4.69, 9.17) is 24.8 Å². The number of hydrogen-bond acceptors (Lipinski definition) is 12. The normalized spacial score (nSPS) is 16.2. The second-order valence-electron chi connectivity index (χ2n) is 13.6. The van der Waals surface area contributed by atoms with E-state index in [9.17, 15) is 39.2 Å². The van der Waals surface area contributed by atoms with Crippen LogP contribution < -0.4 is 5.73 Å². The van der Waals surface area contributed by atoms with Crippen LogP contribution in [-0.4, -0.2) is 93.5 Å². The zero-order valence-electron chi connectivity index (χ0n) is 34.0. The lowest BCUT2D eigenvalue weighted by Gasteiger charge is -2.20. The molecule has 6 atom stereocenters. The molecule has 1 unspecified atom stereocenters. The van der Waals surface area contributed by atoms with E-state index in [2.05, 4.69) is 23.6 Å². The number of unbranched alkanes of at least 4 members (excludes halogenated alkanes) is 9. The summed E-state index contributed by atoms with van der Waals surface area (Å²) >= 11 is 0. The van der Waals surface area contributed by atoms with Crippen LogP contribution >= 0.6 is 7.82 Å². The summed E-state index contributed by atoms with van der Waals surface area (Å²) in [5.74, 6) is -2.78. The van der Waals surface area contributed by atoms with Crippen LogP contribution in [0.15, 0.2) is 72.9 Å². The van der Waals surface area contributed by atoms with Gasteiger partial charge in [0.2, 0.25) is 0 Å². The van der Waals surface area contributed by atoms with Crippen molar-refractivity contribution in [2.24, 2.45) is 5.73 Å². The fourth-order valence-electron chi connectivity index (χ4n) is 4.93. The van der Waals surface area contributed by atoms with Gasteiger partial charge in [0.05, 0.1) is 31.5 Å². The first-order valence-corrected chi connectivity index (χ1v) is 21.8. The maximum atomic E-state index is 12.6. The Morgan fingerprint density at radius 3 is 1.91 bits per heavy atom. The molecule has 15 heteroatoms. The summed E-state index contributed by atoms with van der Waals surface area (Å²) in [4.78, 5) is 45.9. The van der Waals surface area contributed by atoms with Crippen LogP contribution in [0.2, 0.25) is 0 Å². The van der Waals surface area contributed by atoms with Crippen LogP contribution in [0.3, 0.4) is 0 Å². The Bertz CT molecular complexity index is 1300. The lowest BCUT2D eigenvalue weighted by Crippen LogP contribution is -2.34. The summed E-state index contributed by atoms with van der Waals surface area (Å²) in [5.41, 5.74) is 5.30. The molecule has 14 nitrogen and oxygen atoms in total. The molecule has 0 aromatic heterocycles. The molecular weight excluding hydrogens is 757 g/mol. The van der Waals surface area contributed by atoms with Crippen molar-refractivity contribution in [3.63, 3.8) is 0 Å². The molecule has 7 N–H and O–H groups in total. The minimum atomic E-state index is -4.80. The fourth-order valence-corrected chi connectivity index (χ4v) is 5.71. The molecule has 0 aliphatic heterocycles. The SMILES string of the molecule is CC/C=C\C[C@@H](O)/C=C/C=C/C=C\C=C/[C@H](O)[C@@H](O)CCCC(=O)OC[C@H](COP(=O)(O)OC[C@H](N)C(=O)O)OC(=O)CCCCCCC/C=C\CCCCCC. The lowest BCUT2D eigenvalue weighted by molar-refractivity contribution is -0.161. The van der Waals surface area contributed by atoms with E-state index in [1.165, 1.54) is 31.8 Å². The molecular formula is C42H70NO13P. The predicted molar refractivity (Wildman–Crippen MR) is 221 cm³/mol. The predicted octanol–water partition coefficient (Wildman–Crippen LogP) is 7.08. The van der Waals surface area contributed by atoms with Gasteiger partial charge in [-0.2, -0.15) is 0 Å². The standard InChI is InChI=1S/C42H70NO13P/c1-3-5-7-8-9-10-11-12-13-14-15-20-24-30-41(48)56-36(33-54-57(51,52)55-34-37(43)42(49)50)32-53-40(47)31-25-29-39(46)38(45)28-23-19-17-16-18-22-27-35(44)26-21-6-4-2/h6,10-11,16-19,21-23,27-28,35-39,44-46H,3-5,7-9,12-15,20,24-26,29-34,43H2,1-2H3,(H,49,50)(H,51,52)/b11-10-,18-16+,19-17-,21-6-,27-22+,28-23-/t35-,36-,37+,38+,39+/m1/s1. The Hall–Kier alpha value is -3.20. The van der Waals surface area contributed by atoms with Gasteiger partial charge in [0, 0.05) is 12.8 Å². The summed E-state index contributed by atoms with van der Waals surface area (Å²) in [7, 11) is -4.80. The molecule has 0 bridgehead atoms.